The lowest BCUT2D eigenvalue weighted by Crippen LogP contribution is -2.23. The van der Waals surface area contributed by atoms with Crippen LogP contribution in [0.2, 0.25) is 0 Å². The Hall–Kier alpha value is -1.72. The van der Waals surface area contributed by atoms with Gasteiger partial charge in [0.05, 0.1) is 0 Å². The highest BCUT2D eigenvalue weighted by molar-refractivity contribution is 5.72. The van der Waals surface area contributed by atoms with Gasteiger partial charge < -0.3 is 9.84 Å². The molecule has 0 bridgehead atoms. The average molecular weight is 234 g/mol. The van der Waals surface area contributed by atoms with Crippen LogP contribution in [0.1, 0.15) is 12.5 Å². The van der Waals surface area contributed by atoms with Gasteiger partial charge in [-0.25, -0.2) is 18.0 Å². The fourth-order valence-electron chi connectivity index (χ4n) is 1.03. The predicted molar refractivity (Wildman–Crippen MR) is 48.8 cm³/mol. The van der Waals surface area contributed by atoms with Gasteiger partial charge in [-0.1, -0.05) is 0 Å². The first-order chi connectivity index (χ1) is 7.34. The highest BCUT2D eigenvalue weighted by atomic mass is 19.2. The van der Waals surface area contributed by atoms with E-state index in [4.69, 9.17) is 5.11 Å². The number of carbonyl (C=O) groups is 1. The van der Waals surface area contributed by atoms with Gasteiger partial charge >= 0.3 is 5.97 Å². The van der Waals surface area contributed by atoms with Crippen molar-refractivity contribution in [3.8, 4) is 5.75 Å². The summed E-state index contributed by atoms with van der Waals surface area (Å²) in [5.41, 5.74) is -0.549. The summed E-state index contributed by atoms with van der Waals surface area (Å²) < 4.78 is 43.8. The molecule has 0 fully saturated rings. The SMILES string of the molecule is Cc1c(F)c(F)cc(OC(C)C(=O)O)c1F. The minimum absolute atomic E-state index is 0.483. The third kappa shape index (κ3) is 2.26. The molecule has 88 valence electrons. The number of halogens is 3. The topological polar surface area (TPSA) is 46.5 Å². The van der Waals surface area contributed by atoms with Gasteiger partial charge in [0.1, 0.15) is 0 Å². The Bertz CT molecular complexity index is 432. The van der Waals surface area contributed by atoms with Crippen LogP contribution in [-0.2, 0) is 4.79 Å². The molecular formula is C10H9F3O3. The summed E-state index contributed by atoms with van der Waals surface area (Å²) in [6, 6.07) is 0.483. The second-order valence-electron chi connectivity index (χ2n) is 3.21. The van der Waals surface area contributed by atoms with Crippen molar-refractivity contribution in [1.82, 2.24) is 0 Å². The van der Waals surface area contributed by atoms with E-state index in [0.717, 1.165) is 13.8 Å². The summed E-state index contributed by atoms with van der Waals surface area (Å²) >= 11 is 0. The van der Waals surface area contributed by atoms with Gasteiger partial charge in [-0.05, 0) is 13.8 Å². The van der Waals surface area contributed by atoms with E-state index in [1.807, 2.05) is 0 Å². The molecule has 1 N–H and O–H groups in total. The fraction of sp³-hybridized carbons (Fsp3) is 0.300. The predicted octanol–water partition coefficient (Wildman–Crippen LogP) is 2.26. The molecule has 0 aliphatic heterocycles. The maximum Gasteiger partial charge on any atom is 0.344 e. The van der Waals surface area contributed by atoms with E-state index in [0.29, 0.717) is 6.07 Å². The first-order valence-electron chi connectivity index (χ1n) is 4.38. The molecule has 1 aromatic rings. The largest absolute Gasteiger partial charge is 0.479 e. The smallest absolute Gasteiger partial charge is 0.344 e. The molecular weight excluding hydrogens is 225 g/mol. The summed E-state index contributed by atoms with van der Waals surface area (Å²) in [5, 5.41) is 8.51. The van der Waals surface area contributed by atoms with Gasteiger partial charge in [0.15, 0.2) is 29.3 Å². The van der Waals surface area contributed by atoms with Crippen LogP contribution in [0.15, 0.2) is 6.07 Å². The highest BCUT2D eigenvalue weighted by Crippen LogP contribution is 2.25. The van der Waals surface area contributed by atoms with Crippen molar-refractivity contribution in [2.75, 3.05) is 0 Å². The summed E-state index contributed by atoms with van der Waals surface area (Å²) in [4.78, 5) is 10.4. The van der Waals surface area contributed by atoms with Crippen molar-refractivity contribution in [2.45, 2.75) is 20.0 Å². The van der Waals surface area contributed by atoms with Crippen LogP contribution in [-0.4, -0.2) is 17.2 Å². The van der Waals surface area contributed by atoms with E-state index in [1.165, 1.54) is 0 Å². The molecule has 0 aliphatic carbocycles. The van der Waals surface area contributed by atoms with E-state index in [9.17, 15) is 18.0 Å². The molecule has 0 spiro atoms. The Balaban J connectivity index is 3.11. The summed E-state index contributed by atoms with van der Waals surface area (Å²) in [7, 11) is 0. The van der Waals surface area contributed by atoms with Crippen LogP contribution in [0.4, 0.5) is 13.2 Å². The van der Waals surface area contributed by atoms with Crippen molar-refractivity contribution >= 4 is 5.97 Å². The number of rotatable bonds is 3. The molecule has 0 amide bonds. The normalized spacial score (nSPS) is 12.3. The standard InChI is InChI=1S/C10H9F3O3/c1-4-8(12)6(11)3-7(9(4)13)16-5(2)10(14)15/h3,5H,1-2H3,(H,14,15). The Morgan fingerprint density at radius 1 is 1.38 bits per heavy atom. The van der Waals surface area contributed by atoms with Crippen LogP contribution in [0.3, 0.4) is 0 Å². The highest BCUT2D eigenvalue weighted by Gasteiger charge is 2.20. The van der Waals surface area contributed by atoms with E-state index >= 15 is 0 Å². The van der Waals surface area contributed by atoms with Crippen molar-refractivity contribution in [1.29, 1.82) is 0 Å². The van der Waals surface area contributed by atoms with E-state index < -0.39 is 40.8 Å². The van der Waals surface area contributed by atoms with Crippen LogP contribution in [0.25, 0.3) is 0 Å². The molecule has 0 radical (unpaired) electrons. The van der Waals surface area contributed by atoms with Crippen molar-refractivity contribution < 1.29 is 27.8 Å². The van der Waals surface area contributed by atoms with Gasteiger partial charge in [0.25, 0.3) is 0 Å². The molecule has 0 aromatic heterocycles. The minimum atomic E-state index is -1.35. The number of ether oxygens (including phenoxy) is 1. The third-order valence-electron chi connectivity index (χ3n) is 1.99. The minimum Gasteiger partial charge on any atom is -0.479 e. The van der Waals surface area contributed by atoms with Gasteiger partial charge in [-0.2, -0.15) is 0 Å². The molecule has 0 saturated heterocycles. The second-order valence-corrected chi connectivity index (χ2v) is 3.21. The molecule has 3 nitrogen and oxygen atoms in total. The van der Waals surface area contributed by atoms with Gasteiger partial charge in [-0.3, -0.25) is 0 Å². The quantitative estimate of drug-likeness (QED) is 0.816. The third-order valence-corrected chi connectivity index (χ3v) is 1.99. The van der Waals surface area contributed by atoms with Crippen molar-refractivity contribution in [3.05, 3.63) is 29.1 Å². The van der Waals surface area contributed by atoms with E-state index in [2.05, 4.69) is 4.74 Å². The monoisotopic (exact) mass is 234 g/mol. The lowest BCUT2D eigenvalue weighted by Gasteiger charge is -2.12. The van der Waals surface area contributed by atoms with E-state index in [-0.39, 0.29) is 0 Å². The van der Waals surface area contributed by atoms with Crippen LogP contribution in [0, 0.1) is 24.4 Å². The number of benzene rings is 1. The molecule has 0 saturated carbocycles. The van der Waals surface area contributed by atoms with Gasteiger partial charge in [0, 0.05) is 11.6 Å². The lowest BCUT2D eigenvalue weighted by atomic mass is 10.2. The van der Waals surface area contributed by atoms with Gasteiger partial charge in [-0.15, -0.1) is 0 Å². The van der Waals surface area contributed by atoms with Crippen LogP contribution < -0.4 is 4.74 Å². The number of carboxylic acid groups (broad SMARTS) is 1. The maximum absolute atomic E-state index is 13.3. The average Bonchev–Trinajstić information content (AvgIpc) is 2.22. The molecule has 1 atom stereocenters. The summed E-state index contributed by atoms with van der Waals surface area (Å²) in [5.74, 6) is -5.65. The number of aliphatic carboxylic acids is 1. The number of hydrogen-bond donors (Lipinski definition) is 1. The molecule has 0 aliphatic rings. The Morgan fingerprint density at radius 3 is 2.44 bits per heavy atom. The van der Waals surface area contributed by atoms with Crippen LogP contribution >= 0.6 is 0 Å². The van der Waals surface area contributed by atoms with Crippen LogP contribution in [0.5, 0.6) is 5.75 Å². The maximum atomic E-state index is 13.3. The summed E-state index contributed by atoms with van der Waals surface area (Å²) in [6.45, 7) is 2.18. The fourth-order valence-corrected chi connectivity index (χ4v) is 1.03. The lowest BCUT2D eigenvalue weighted by molar-refractivity contribution is -0.144. The first kappa shape index (κ1) is 12.4. The molecule has 1 aromatic carbocycles. The zero-order chi connectivity index (χ0) is 12.5. The summed E-state index contributed by atoms with van der Waals surface area (Å²) in [6.07, 6.45) is -1.35. The molecule has 6 heteroatoms. The Kier molecular flexibility index (Phi) is 3.41. The number of hydrogen-bond acceptors (Lipinski definition) is 2. The molecule has 16 heavy (non-hydrogen) atoms. The van der Waals surface area contributed by atoms with E-state index in [1.54, 1.807) is 0 Å². The zero-order valence-corrected chi connectivity index (χ0v) is 8.55. The van der Waals surface area contributed by atoms with Crippen molar-refractivity contribution in [2.24, 2.45) is 0 Å². The zero-order valence-electron chi connectivity index (χ0n) is 8.55. The molecule has 1 rings (SSSR count). The van der Waals surface area contributed by atoms with Gasteiger partial charge in [0.2, 0.25) is 0 Å². The number of carboxylic acids is 1. The molecule has 1 unspecified atom stereocenters. The van der Waals surface area contributed by atoms with Crippen molar-refractivity contribution in [3.63, 3.8) is 0 Å². The Labute approximate surface area is 89.5 Å². The first-order valence-corrected chi connectivity index (χ1v) is 4.38. The molecule has 0 heterocycles. The Morgan fingerprint density at radius 2 is 1.94 bits per heavy atom. The second kappa shape index (κ2) is 4.42.